The van der Waals surface area contributed by atoms with E-state index in [1.54, 1.807) is 30.2 Å². The minimum absolute atomic E-state index is 0.0871. The number of hydrogen-bond acceptors (Lipinski definition) is 8. The molecule has 3 aliphatic rings. The number of benzene rings is 2. The number of hydroxylamine groups is 2. The number of nitrogens with one attached hydrogen (secondary N) is 1. The fourth-order valence-electron chi connectivity index (χ4n) is 4.50. The quantitative estimate of drug-likeness (QED) is 0.688. The van der Waals surface area contributed by atoms with E-state index in [0.29, 0.717) is 43.5 Å². The van der Waals surface area contributed by atoms with Crippen LogP contribution in [0.3, 0.4) is 0 Å². The maximum absolute atomic E-state index is 13.0. The van der Waals surface area contributed by atoms with E-state index >= 15 is 0 Å². The molecule has 0 unspecified atom stereocenters. The monoisotopic (exact) mass is 490 g/mol. The van der Waals surface area contributed by atoms with E-state index < -0.39 is 0 Å². The molecule has 10 heteroatoms. The standard InChI is InChI=1S/C26H30N6O4/c1-19(33)29-10-12-30(13-11-29)22-8-9-23(24(14-22)35-2)28-26-27-15-21-17-32(26)36-18-31(25(21)34)16-20-6-4-3-5-7-20/h3-9,14-15H,10-13,16-18H2,1-2H3,(H,27,28). The zero-order chi connectivity index (χ0) is 25.1. The number of ether oxygens (including phenoxy) is 1. The first-order chi connectivity index (χ1) is 17.5. The number of fused-ring (bicyclic) bond motifs is 2. The topological polar surface area (TPSA) is 89.9 Å². The lowest BCUT2D eigenvalue weighted by Crippen LogP contribution is -2.48. The summed E-state index contributed by atoms with van der Waals surface area (Å²) in [5.74, 6) is 1.17. The van der Waals surface area contributed by atoms with Crippen LogP contribution in [0.15, 0.2) is 65.3 Å². The molecule has 10 nitrogen and oxygen atoms in total. The molecule has 0 spiro atoms. The highest BCUT2D eigenvalue weighted by molar-refractivity contribution is 6.00. The first-order valence-electron chi connectivity index (χ1n) is 12.0. The van der Waals surface area contributed by atoms with E-state index in [0.717, 1.165) is 30.0 Å². The Morgan fingerprint density at radius 3 is 2.61 bits per heavy atom. The lowest BCUT2D eigenvalue weighted by atomic mass is 10.2. The first kappa shape index (κ1) is 23.7. The third-order valence-electron chi connectivity index (χ3n) is 6.56. The second-order valence-electron chi connectivity index (χ2n) is 8.89. The summed E-state index contributed by atoms with van der Waals surface area (Å²) in [7, 11) is 1.63. The summed E-state index contributed by atoms with van der Waals surface area (Å²) in [6.45, 7) is 5.44. The predicted molar refractivity (Wildman–Crippen MR) is 136 cm³/mol. The van der Waals surface area contributed by atoms with Gasteiger partial charge in [0.15, 0.2) is 0 Å². The van der Waals surface area contributed by atoms with Gasteiger partial charge in [0, 0.05) is 57.6 Å². The zero-order valence-electron chi connectivity index (χ0n) is 20.5. The number of rotatable bonds is 5. The zero-order valence-corrected chi connectivity index (χ0v) is 20.5. The van der Waals surface area contributed by atoms with Crippen molar-refractivity contribution in [3.8, 4) is 5.75 Å². The van der Waals surface area contributed by atoms with Crippen molar-refractivity contribution >= 4 is 29.1 Å². The van der Waals surface area contributed by atoms with Gasteiger partial charge in [-0.25, -0.2) is 14.9 Å². The smallest absolute Gasteiger partial charge is 0.255 e. The fourth-order valence-corrected chi connectivity index (χ4v) is 4.50. The van der Waals surface area contributed by atoms with Crippen LogP contribution in [0.2, 0.25) is 0 Å². The van der Waals surface area contributed by atoms with Crippen LogP contribution in [0, 0.1) is 0 Å². The Morgan fingerprint density at radius 2 is 1.89 bits per heavy atom. The third-order valence-corrected chi connectivity index (χ3v) is 6.56. The van der Waals surface area contributed by atoms with Crippen LogP contribution in [-0.4, -0.2) is 79.2 Å². The number of aliphatic imine (C=N–C) groups is 1. The molecule has 1 N–H and O–H groups in total. The molecule has 2 saturated heterocycles. The molecule has 36 heavy (non-hydrogen) atoms. The second-order valence-corrected chi connectivity index (χ2v) is 8.89. The first-order valence-corrected chi connectivity index (χ1v) is 12.0. The number of piperazine rings is 1. The van der Waals surface area contributed by atoms with E-state index in [2.05, 4.69) is 15.2 Å². The molecule has 2 fully saturated rings. The Bertz CT molecular complexity index is 1190. The molecule has 0 atom stereocenters. The minimum Gasteiger partial charge on any atom is -0.494 e. The van der Waals surface area contributed by atoms with Crippen molar-refractivity contribution in [2.24, 2.45) is 4.99 Å². The van der Waals surface area contributed by atoms with Crippen LogP contribution in [0.5, 0.6) is 5.75 Å². The molecule has 5 rings (SSSR count). The predicted octanol–water partition coefficient (Wildman–Crippen LogP) is 2.26. The highest BCUT2D eigenvalue weighted by atomic mass is 16.7. The normalized spacial score (nSPS) is 17.9. The van der Waals surface area contributed by atoms with E-state index in [1.165, 1.54) is 0 Å². The van der Waals surface area contributed by atoms with Gasteiger partial charge in [-0.05, 0) is 17.7 Å². The van der Waals surface area contributed by atoms with Gasteiger partial charge in [0.2, 0.25) is 11.9 Å². The minimum atomic E-state index is -0.0871. The van der Waals surface area contributed by atoms with Crippen molar-refractivity contribution in [1.82, 2.24) is 14.9 Å². The van der Waals surface area contributed by atoms with E-state index in [4.69, 9.17) is 9.57 Å². The summed E-state index contributed by atoms with van der Waals surface area (Å²) in [4.78, 5) is 40.8. The molecule has 188 valence electrons. The molecule has 2 aromatic carbocycles. The Hall–Kier alpha value is -4.05. The molecule has 0 saturated carbocycles. The van der Waals surface area contributed by atoms with Crippen LogP contribution in [0.4, 0.5) is 11.4 Å². The molecule has 2 bridgehead atoms. The van der Waals surface area contributed by atoms with Gasteiger partial charge in [-0.1, -0.05) is 30.3 Å². The number of amides is 2. The van der Waals surface area contributed by atoms with E-state index in [1.807, 2.05) is 53.4 Å². The molecule has 2 amide bonds. The maximum Gasteiger partial charge on any atom is 0.255 e. The van der Waals surface area contributed by atoms with Gasteiger partial charge in [0.05, 0.1) is 24.9 Å². The van der Waals surface area contributed by atoms with Gasteiger partial charge in [0.1, 0.15) is 12.5 Å². The van der Waals surface area contributed by atoms with Gasteiger partial charge in [-0.2, -0.15) is 0 Å². The Kier molecular flexibility index (Phi) is 6.77. The van der Waals surface area contributed by atoms with Crippen molar-refractivity contribution in [3.63, 3.8) is 0 Å². The maximum atomic E-state index is 13.0. The summed E-state index contributed by atoms with van der Waals surface area (Å²) in [6.07, 6.45) is 1.60. The fraction of sp³-hybridized carbons (Fsp3) is 0.346. The van der Waals surface area contributed by atoms with Crippen LogP contribution < -0.4 is 15.0 Å². The summed E-state index contributed by atoms with van der Waals surface area (Å²) in [5.41, 5.74) is 3.37. The number of carbonyl (C=O) groups excluding carboxylic acids is 2. The van der Waals surface area contributed by atoms with Gasteiger partial charge in [-0.3, -0.25) is 9.59 Å². The number of anilines is 2. The molecule has 0 radical (unpaired) electrons. The number of carbonyl (C=O) groups is 2. The highest BCUT2D eigenvalue weighted by Crippen LogP contribution is 2.31. The van der Waals surface area contributed by atoms with Gasteiger partial charge >= 0.3 is 0 Å². The SMILES string of the molecule is COc1cc(N2CCN(C(C)=O)CC2)ccc1NC1=NC=C2CN1OCN(Cc1ccccc1)C2=O. The number of nitrogens with zero attached hydrogens (tertiary/aromatic N) is 5. The summed E-state index contributed by atoms with van der Waals surface area (Å²) < 4.78 is 5.66. The molecule has 2 aromatic rings. The van der Waals surface area contributed by atoms with Gasteiger partial charge in [-0.15, -0.1) is 0 Å². The average Bonchev–Trinajstić information content (AvgIpc) is 3.03. The number of methoxy groups -OCH3 is 1. The summed E-state index contributed by atoms with van der Waals surface area (Å²) in [6, 6.07) is 15.8. The molecule has 0 aromatic heterocycles. The van der Waals surface area contributed by atoms with Crippen molar-refractivity contribution in [2.75, 3.05) is 56.8 Å². The van der Waals surface area contributed by atoms with Crippen LogP contribution in [-0.2, 0) is 21.0 Å². The molecular weight excluding hydrogens is 460 g/mol. The molecule has 0 aliphatic carbocycles. The van der Waals surface area contributed by atoms with Gasteiger partial charge in [0.25, 0.3) is 5.91 Å². The van der Waals surface area contributed by atoms with Crippen molar-refractivity contribution < 1.29 is 19.2 Å². The third kappa shape index (κ3) is 4.99. The second kappa shape index (κ2) is 10.3. The van der Waals surface area contributed by atoms with Crippen LogP contribution >= 0.6 is 0 Å². The lowest BCUT2D eigenvalue weighted by molar-refractivity contribution is -0.147. The molecular formula is C26H30N6O4. The van der Waals surface area contributed by atoms with E-state index in [9.17, 15) is 9.59 Å². The van der Waals surface area contributed by atoms with Crippen LogP contribution in [0.25, 0.3) is 0 Å². The van der Waals surface area contributed by atoms with Crippen molar-refractivity contribution in [3.05, 3.63) is 65.9 Å². The summed E-state index contributed by atoms with van der Waals surface area (Å²) >= 11 is 0. The Morgan fingerprint density at radius 1 is 1.11 bits per heavy atom. The number of hydrogen-bond donors (Lipinski definition) is 1. The lowest BCUT2D eigenvalue weighted by Gasteiger charge is -2.36. The Labute approximate surface area is 210 Å². The average molecular weight is 491 g/mol. The number of guanidine groups is 1. The van der Waals surface area contributed by atoms with Gasteiger partial charge < -0.3 is 24.8 Å². The van der Waals surface area contributed by atoms with Crippen molar-refractivity contribution in [1.29, 1.82) is 0 Å². The highest BCUT2D eigenvalue weighted by Gasteiger charge is 2.31. The van der Waals surface area contributed by atoms with E-state index in [-0.39, 0.29) is 18.5 Å². The molecule has 3 heterocycles. The largest absolute Gasteiger partial charge is 0.494 e. The summed E-state index contributed by atoms with van der Waals surface area (Å²) in [5, 5.41) is 4.90. The van der Waals surface area contributed by atoms with Crippen LogP contribution in [0.1, 0.15) is 12.5 Å². The Balaban J connectivity index is 1.27. The molecule has 3 aliphatic heterocycles. The van der Waals surface area contributed by atoms with Crippen molar-refractivity contribution in [2.45, 2.75) is 13.5 Å².